The third kappa shape index (κ3) is 4.07. The average Bonchev–Trinajstić information content (AvgIpc) is 3.13. The molecule has 4 aromatic rings. The van der Waals surface area contributed by atoms with Gasteiger partial charge in [0, 0.05) is 10.6 Å². The quantitative estimate of drug-likeness (QED) is 0.368. The molecule has 0 aliphatic carbocycles. The Balaban J connectivity index is 1.60. The van der Waals surface area contributed by atoms with Crippen LogP contribution in [0.15, 0.2) is 66.7 Å². The lowest BCUT2D eigenvalue weighted by Gasteiger charge is -2.13. The summed E-state index contributed by atoms with van der Waals surface area (Å²) in [4.78, 5) is 4.73. The first-order chi connectivity index (χ1) is 13.2. The van der Waals surface area contributed by atoms with E-state index in [0.717, 1.165) is 33.2 Å². The molecule has 3 aromatic carbocycles. The van der Waals surface area contributed by atoms with Gasteiger partial charge in [0.05, 0.1) is 16.8 Å². The van der Waals surface area contributed by atoms with Gasteiger partial charge in [-0.05, 0) is 55.0 Å². The van der Waals surface area contributed by atoms with Crippen LogP contribution in [-0.4, -0.2) is 11.6 Å². The fraction of sp³-hybridized carbons (Fsp3) is 0.136. The lowest BCUT2D eigenvalue weighted by molar-refractivity contribution is 0.269. The Kier molecular flexibility index (Phi) is 5.28. The highest BCUT2D eigenvalue weighted by Crippen LogP contribution is 2.36. The van der Waals surface area contributed by atoms with Crippen LogP contribution in [0.5, 0.6) is 11.5 Å². The van der Waals surface area contributed by atoms with E-state index in [0.29, 0.717) is 18.2 Å². The summed E-state index contributed by atoms with van der Waals surface area (Å²) in [6.07, 6.45) is 0. The van der Waals surface area contributed by atoms with Crippen LogP contribution in [0.3, 0.4) is 0 Å². The highest BCUT2D eigenvalue weighted by molar-refractivity contribution is 7.21. The molecule has 4 rings (SSSR count). The SMILES string of the molecule is CCOc1cc(-c2nc3ccccc3s2)ccc1OCc1ccc(Cl)cc1. The summed E-state index contributed by atoms with van der Waals surface area (Å²) >= 11 is 7.61. The summed E-state index contributed by atoms with van der Waals surface area (Å²) in [5.41, 5.74) is 3.09. The van der Waals surface area contributed by atoms with Crippen LogP contribution in [0.25, 0.3) is 20.8 Å². The van der Waals surface area contributed by atoms with E-state index in [1.165, 1.54) is 4.70 Å². The summed E-state index contributed by atoms with van der Waals surface area (Å²) in [5, 5.41) is 1.69. The predicted octanol–water partition coefficient (Wildman–Crippen LogP) is 6.59. The maximum Gasteiger partial charge on any atom is 0.161 e. The lowest BCUT2D eigenvalue weighted by Crippen LogP contribution is -2.00. The maximum atomic E-state index is 5.98. The van der Waals surface area contributed by atoms with E-state index in [9.17, 15) is 0 Å². The number of halogens is 1. The fourth-order valence-electron chi connectivity index (χ4n) is 2.77. The summed E-state index contributed by atoms with van der Waals surface area (Å²) in [5.74, 6) is 1.44. The van der Waals surface area contributed by atoms with Gasteiger partial charge < -0.3 is 9.47 Å². The standard InChI is InChI=1S/C22H18ClNO2S/c1-2-25-20-13-16(22-24-18-5-3-4-6-21(18)27-22)9-12-19(20)26-14-15-7-10-17(23)11-8-15/h3-13H,2,14H2,1H3. The van der Waals surface area contributed by atoms with Crippen LogP contribution >= 0.6 is 22.9 Å². The highest BCUT2D eigenvalue weighted by Gasteiger charge is 2.11. The molecule has 0 saturated heterocycles. The third-order valence-corrected chi connectivity index (χ3v) is 5.43. The number of aromatic nitrogens is 1. The molecular weight excluding hydrogens is 378 g/mol. The van der Waals surface area contributed by atoms with E-state index < -0.39 is 0 Å². The summed E-state index contributed by atoms with van der Waals surface area (Å²) in [6.45, 7) is 2.99. The zero-order valence-corrected chi connectivity index (χ0v) is 16.4. The van der Waals surface area contributed by atoms with Crippen molar-refractivity contribution in [3.63, 3.8) is 0 Å². The Morgan fingerprint density at radius 2 is 1.74 bits per heavy atom. The zero-order chi connectivity index (χ0) is 18.6. The molecule has 3 nitrogen and oxygen atoms in total. The van der Waals surface area contributed by atoms with Gasteiger partial charge in [-0.3, -0.25) is 0 Å². The Bertz CT molecular complexity index is 1030. The molecule has 0 unspecified atom stereocenters. The molecule has 0 fully saturated rings. The van der Waals surface area contributed by atoms with Gasteiger partial charge in [-0.25, -0.2) is 4.98 Å². The van der Waals surface area contributed by atoms with Gasteiger partial charge in [-0.2, -0.15) is 0 Å². The number of benzene rings is 3. The van der Waals surface area contributed by atoms with E-state index >= 15 is 0 Å². The molecule has 0 radical (unpaired) electrons. The molecule has 1 heterocycles. The van der Waals surface area contributed by atoms with Gasteiger partial charge in [0.2, 0.25) is 0 Å². The normalized spacial score (nSPS) is 10.9. The number of hydrogen-bond acceptors (Lipinski definition) is 4. The highest BCUT2D eigenvalue weighted by atomic mass is 35.5. The molecule has 0 aliphatic rings. The van der Waals surface area contributed by atoms with E-state index in [4.69, 9.17) is 26.1 Å². The Labute approximate surface area is 167 Å². The molecule has 0 amide bonds. The Hall–Kier alpha value is -2.56. The number of thiazole rings is 1. The first-order valence-corrected chi connectivity index (χ1v) is 9.92. The molecular formula is C22H18ClNO2S. The van der Waals surface area contributed by atoms with Crippen molar-refractivity contribution in [3.05, 3.63) is 77.3 Å². The topological polar surface area (TPSA) is 31.4 Å². The minimum atomic E-state index is 0.456. The molecule has 0 atom stereocenters. The van der Waals surface area contributed by atoms with E-state index in [2.05, 4.69) is 6.07 Å². The molecule has 0 saturated carbocycles. The van der Waals surface area contributed by atoms with Crippen molar-refractivity contribution >= 4 is 33.2 Å². The Morgan fingerprint density at radius 3 is 2.52 bits per heavy atom. The largest absolute Gasteiger partial charge is 0.490 e. The fourth-order valence-corrected chi connectivity index (χ4v) is 3.85. The van der Waals surface area contributed by atoms with Gasteiger partial charge in [-0.15, -0.1) is 11.3 Å². The Morgan fingerprint density at radius 1 is 0.926 bits per heavy atom. The van der Waals surface area contributed by atoms with Crippen molar-refractivity contribution in [3.8, 4) is 22.1 Å². The summed E-state index contributed by atoms with van der Waals surface area (Å²) in [7, 11) is 0. The molecule has 5 heteroatoms. The number of ether oxygens (including phenoxy) is 2. The summed E-state index contributed by atoms with van der Waals surface area (Å²) in [6, 6.07) is 21.8. The number of fused-ring (bicyclic) bond motifs is 1. The third-order valence-electron chi connectivity index (χ3n) is 4.09. The molecule has 27 heavy (non-hydrogen) atoms. The first kappa shape index (κ1) is 17.8. The van der Waals surface area contributed by atoms with Crippen LogP contribution in [0.4, 0.5) is 0 Å². The van der Waals surface area contributed by atoms with Crippen molar-refractivity contribution in [1.29, 1.82) is 0 Å². The molecule has 0 spiro atoms. The van der Waals surface area contributed by atoms with Crippen LogP contribution in [0.2, 0.25) is 5.02 Å². The van der Waals surface area contributed by atoms with Crippen molar-refractivity contribution < 1.29 is 9.47 Å². The second-order valence-electron chi connectivity index (χ2n) is 6.00. The molecule has 0 bridgehead atoms. The van der Waals surface area contributed by atoms with Crippen molar-refractivity contribution in [2.75, 3.05) is 6.61 Å². The van der Waals surface area contributed by atoms with E-state index in [1.54, 1.807) is 11.3 Å². The van der Waals surface area contributed by atoms with Gasteiger partial charge in [0.25, 0.3) is 0 Å². The van der Waals surface area contributed by atoms with Crippen molar-refractivity contribution in [2.45, 2.75) is 13.5 Å². The van der Waals surface area contributed by atoms with Crippen LogP contribution in [0.1, 0.15) is 12.5 Å². The van der Waals surface area contributed by atoms with Gasteiger partial charge in [0.15, 0.2) is 11.5 Å². The van der Waals surface area contributed by atoms with E-state index in [1.807, 2.05) is 67.6 Å². The minimum Gasteiger partial charge on any atom is -0.490 e. The zero-order valence-electron chi connectivity index (χ0n) is 14.8. The average molecular weight is 396 g/mol. The van der Waals surface area contributed by atoms with Crippen LogP contribution in [0, 0.1) is 0 Å². The summed E-state index contributed by atoms with van der Waals surface area (Å²) < 4.78 is 13.0. The van der Waals surface area contributed by atoms with Gasteiger partial charge in [0.1, 0.15) is 11.6 Å². The maximum absolute atomic E-state index is 5.98. The molecule has 0 N–H and O–H groups in total. The molecule has 0 aliphatic heterocycles. The second kappa shape index (κ2) is 7.99. The smallest absolute Gasteiger partial charge is 0.161 e. The predicted molar refractivity (Wildman–Crippen MR) is 112 cm³/mol. The second-order valence-corrected chi connectivity index (χ2v) is 7.46. The molecule has 1 aromatic heterocycles. The van der Waals surface area contributed by atoms with Crippen LogP contribution in [-0.2, 0) is 6.61 Å². The molecule has 136 valence electrons. The number of nitrogens with zero attached hydrogens (tertiary/aromatic N) is 1. The number of hydrogen-bond donors (Lipinski definition) is 0. The monoisotopic (exact) mass is 395 g/mol. The van der Waals surface area contributed by atoms with Gasteiger partial charge >= 0.3 is 0 Å². The lowest BCUT2D eigenvalue weighted by atomic mass is 10.2. The minimum absolute atomic E-state index is 0.456. The first-order valence-electron chi connectivity index (χ1n) is 8.73. The number of para-hydroxylation sites is 1. The van der Waals surface area contributed by atoms with E-state index in [-0.39, 0.29) is 0 Å². The van der Waals surface area contributed by atoms with Crippen LogP contribution < -0.4 is 9.47 Å². The number of rotatable bonds is 6. The van der Waals surface area contributed by atoms with Crippen molar-refractivity contribution in [2.24, 2.45) is 0 Å². The van der Waals surface area contributed by atoms with Gasteiger partial charge in [-0.1, -0.05) is 35.9 Å². The van der Waals surface area contributed by atoms with Crippen molar-refractivity contribution in [1.82, 2.24) is 4.98 Å².